The summed E-state index contributed by atoms with van der Waals surface area (Å²) in [5.74, 6) is -0.244. The number of amides is 1. The smallest absolute Gasteiger partial charge is 0.270 e. The molecule has 1 aromatic heterocycles. The topological polar surface area (TPSA) is 104 Å². The highest BCUT2D eigenvalue weighted by Gasteiger charge is 2.24. The first kappa shape index (κ1) is 13.0. The van der Waals surface area contributed by atoms with Crippen molar-refractivity contribution in [2.24, 2.45) is 10.7 Å². The highest BCUT2D eigenvalue weighted by molar-refractivity contribution is 7.13. The van der Waals surface area contributed by atoms with E-state index in [1.165, 1.54) is 11.3 Å². The van der Waals surface area contributed by atoms with Gasteiger partial charge in [-0.3, -0.25) is 10.1 Å². The summed E-state index contributed by atoms with van der Waals surface area (Å²) in [5.41, 5.74) is 7.44. The Bertz CT molecular complexity index is 814. The maximum atomic E-state index is 12.2. The summed E-state index contributed by atoms with van der Waals surface area (Å²) < 4.78 is 0. The zero-order valence-electron chi connectivity index (χ0n) is 10.7. The van der Waals surface area contributed by atoms with Crippen molar-refractivity contribution in [2.75, 3.05) is 5.32 Å². The van der Waals surface area contributed by atoms with E-state index in [1.807, 2.05) is 12.1 Å². The monoisotopic (exact) mass is 295 g/mol. The first-order valence-electron chi connectivity index (χ1n) is 6.00. The van der Waals surface area contributed by atoms with Crippen molar-refractivity contribution in [2.45, 2.75) is 0 Å². The largest absolute Gasteiger partial charge is 0.383 e. The van der Waals surface area contributed by atoms with Crippen LogP contribution in [0.4, 0.5) is 5.13 Å². The number of hydrogen-bond donors (Lipinski definition) is 2. The third kappa shape index (κ3) is 2.28. The summed E-state index contributed by atoms with van der Waals surface area (Å²) in [4.78, 5) is 20.3. The molecule has 2 aromatic rings. The van der Waals surface area contributed by atoms with E-state index in [0.29, 0.717) is 22.2 Å². The number of aliphatic imine (C=N–C) groups is 1. The summed E-state index contributed by atoms with van der Waals surface area (Å²) in [6.45, 7) is 0. The number of nitrogens with zero attached hydrogens (tertiary/aromatic N) is 3. The fourth-order valence-corrected chi connectivity index (χ4v) is 2.52. The zero-order valence-corrected chi connectivity index (χ0v) is 11.5. The van der Waals surface area contributed by atoms with E-state index in [2.05, 4.69) is 15.3 Å². The van der Waals surface area contributed by atoms with Crippen molar-refractivity contribution in [3.8, 4) is 6.07 Å². The number of hydrogen-bond acceptors (Lipinski definition) is 6. The number of thiazole rings is 1. The minimum absolute atomic E-state index is 0.0851. The molecule has 2 heterocycles. The fourth-order valence-electron chi connectivity index (χ4n) is 2.00. The minimum Gasteiger partial charge on any atom is -0.383 e. The predicted molar refractivity (Wildman–Crippen MR) is 80.4 cm³/mol. The van der Waals surface area contributed by atoms with Crippen LogP contribution in [0.25, 0.3) is 5.70 Å². The van der Waals surface area contributed by atoms with Crippen LogP contribution in [0.1, 0.15) is 11.1 Å². The molecule has 6 nitrogen and oxygen atoms in total. The lowest BCUT2D eigenvalue weighted by Gasteiger charge is -2.03. The molecular formula is C14H9N5OS. The molecule has 1 aliphatic rings. The van der Waals surface area contributed by atoms with Gasteiger partial charge in [-0.15, -0.1) is 11.3 Å². The minimum atomic E-state index is -0.546. The van der Waals surface area contributed by atoms with E-state index >= 15 is 0 Å². The van der Waals surface area contributed by atoms with Gasteiger partial charge >= 0.3 is 0 Å². The average molecular weight is 295 g/mol. The van der Waals surface area contributed by atoms with E-state index in [0.717, 1.165) is 5.56 Å². The van der Waals surface area contributed by atoms with Crippen LogP contribution in [0, 0.1) is 11.3 Å². The van der Waals surface area contributed by atoms with Gasteiger partial charge in [0, 0.05) is 22.7 Å². The van der Waals surface area contributed by atoms with Crippen molar-refractivity contribution in [1.82, 2.24) is 4.98 Å². The molecule has 102 valence electrons. The Kier molecular flexibility index (Phi) is 3.22. The van der Waals surface area contributed by atoms with Gasteiger partial charge in [0.05, 0.1) is 5.70 Å². The van der Waals surface area contributed by atoms with E-state index < -0.39 is 5.91 Å². The molecule has 0 saturated heterocycles. The Morgan fingerprint density at radius 1 is 1.33 bits per heavy atom. The second kappa shape index (κ2) is 5.19. The number of fused-ring (bicyclic) bond motifs is 1. The maximum absolute atomic E-state index is 12.2. The highest BCUT2D eigenvalue weighted by Crippen LogP contribution is 2.30. The van der Waals surface area contributed by atoms with E-state index in [1.54, 1.807) is 29.8 Å². The molecule has 1 aliphatic heterocycles. The summed E-state index contributed by atoms with van der Waals surface area (Å²) in [6, 6.07) is 9.11. The maximum Gasteiger partial charge on any atom is 0.270 e. The van der Waals surface area contributed by atoms with Crippen molar-refractivity contribution < 1.29 is 4.79 Å². The number of aromatic nitrogens is 1. The molecule has 0 unspecified atom stereocenters. The lowest BCUT2D eigenvalue weighted by Crippen LogP contribution is -2.14. The predicted octanol–water partition coefficient (Wildman–Crippen LogP) is 1.74. The van der Waals surface area contributed by atoms with Crippen molar-refractivity contribution in [3.05, 3.63) is 52.5 Å². The van der Waals surface area contributed by atoms with Gasteiger partial charge in [0.1, 0.15) is 17.5 Å². The van der Waals surface area contributed by atoms with E-state index in [9.17, 15) is 10.1 Å². The molecule has 0 aliphatic carbocycles. The Labute approximate surface area is 124 Å². The van der Waals surface area contributed by atoms with Crippen LogP contribution in [0.5, 0.6) is 0 Å². The normalized spacial score (nSPS) is 14.9. The van der Waals surface area contributed by atoms with Crippen LogP contribution in [-0.2, 0) is 4.79 Å². The van der Waals surface area contributed by atoms with Crippen LogP contribution in [0.15, 0.2) is 46.4 Å². The molecule has 1 amide bonds. The van der Waals surface area contributed by atoms with Gasteiger partial charge in [-0.05, 0) is 0 Å². The SMILES string of the molecule is N#CC(C(=O)Nc1nccs1)=C1N=C(N)c2ccccc21. The molecule has 0 bridgehead atoms. The lowest BCUT2D eigenvalue weighted by atomic mass is 10.0. The Balaban J connectivity index is 2.04. The molecule has 0 atom stereocenters. The summed E-state index contributed by atoms with van der Waals surface area (Å²) >= 11 is 1.27. The van der Waals surface area contributed by atoms with Crippen molar-refractivity contribution in [1.29, 1.82) is 5.26 Å². The van der Waals surface area contributed by atoms with Crippen LogP contribution < -0.4 is 11.1 Å². The summed E-state index contributed by atoms with van der Waals surface area (Å²) in [6.07, 6.45) is 1.57. The number of anilines is 1. The first-order chi connectivity index (χ1) is 10.2. The van der Waals surface area contributed by atoms with Gasteiger partial charge < -0.3 is 5.73 Å². The standard InChI is InChI=1S/C14H9N5OS/c15-7-10(13(20)19-14-17-5-6-21-14)11-8-3-1-2-4-9(8)12(16)18-11/h1-6H,(H2,16,18)(H,17,19,20). The second-order valence-corrected chi connectivity index (χ2v) is 5.06. The molecule has 1 aromatic carbocycles. The highest BCUT2D eigenvalue weighted by atomic mass is 32.1. The number of carbonyl (C=O) groups is 1. The number of rotatable bonds is 2. The van der Waals surface area contributed by atoms with Gasteiger partial charge in [-0.2, -0.15) is 5.26 Å². The van der Waals surface area contributed by atoms with Gasteiger partial charge in [-0.1, -0.05) is 24.3 Å². The molecule has 7 heteroatoms. The number of amidine groups is 1. The molecule has 3 N–H and O–H groups in total. The molecule has 3 rings (SSSR count). The van der Waals surface area contributed by atoms with Crippen LogP contribution in [-0.4, -0.2) is 16.7 Å². The van der Waals surface area contributed by atoms with Crippen LogP contribution >= 0.6 is 11.3 Å². The number of nitrogens with one attached hydrogen (secondary N) is 1. The molecule has 0 radical (unpaired) electrons. The number of nitriles is 1. The summed E-state index contributed by atoms with van der Waals surface area (Å²) in [5, 5.41) is 14.0. The third-order valence-corrected chi connectivity index (χ3v) is 3.61. The van der Waals surface area contributed by atoms with Gasteiger partial charge in [0.2, 0.25) is 0 Å². The molecule has 0 saturated carbocycles. The molecule has 0 fully saturated rings. The van der Waals surface area contributed by atoms with Crippen LogP contribution in [0.2, 0.25) is 0 Å². The van der Waals surface area contributed by atoms with Gasteiger partial charge in [0.25, 0.3) is 5.91 Å². The summed E-state index contributed by atoms with van der Waals surface area (Å²) in [7, 11) is 0. The third-order valence-electron chi connectivity index (χ3n) is 2.92. The van der Waals surface area contributed by atoms with Gasteiger partial charge in [0.15, 0.2) is 5.13 Å². The molecule has 21 heavy (non-hydrogen) atoms. The number of benzene rings is 1. The number of nitrogens with two attached hydrogens (primary N) is 1. The van der Waals surface area contributed by atoms with Crippen LogP contribution in [0.3, 0.4) is 0 Å². The molecular weight excluding hydrogens is 286 g/mol. The van der Waals surface area contributed by atoms with Crippen molar-refractivity contribution in [3.63, 3.8) is 0 Å². The Morgan fingerprint density at radius 2 is 2.10 bits per heavy atom. The van der Waals surface area contributed by atoms with Crippen molar-refractivity contribution >= 4 is 33.9 Å². The number of carbonyl (C=O) groups excluding carboxylic acids is 1. The second-order valence-electron chi connectivity index (χ2n) is 4.17. The molecule has 0 spiro atoms. The Hall–Kier alpha value is -2.98. The van der Waals surface area contributed by atoms with Gasteiger partial charge in [-0.25, -0.2) is 9.98 Å². The van der Waals surface area contributed by atoms with E-state index in [4.69, 9.17) is 5.73 Å². The quantitative estimate of drug-likeness (QED) is 0.650. The van der Waals surface area contributed by atoms with E-state index in [-0.39, 0.29) is 5.57 Å². The Morgan fingerprint density at radius 3 is 2.76 bits per heavy atom. The fraction of sp³-hybridized carbons (Fsp3) is 0. The zero-order chi connectivity index (χ0) is 14.8. The lowest BCUT2D eigenvalue weighted by molar-refractivity contribution is -0.112. The average Bonchev–Trinajstić information content (AvgIpc) is 3.10. The first-order valence-corrected chi connectivity index (χ1v) is 6.88.